The van der Waals surface area contributed by atoms with Gasteiger partial charge in [-0.25, -0.2) is 4.98 Å². The lowest BCUT2D eigenvalue weighted by atomic mass is 10.1. The van der Waals surface area contributed by atoms with Crippen molar-refractivity contribution < 1.29 is 4.79 Å². The van der Waals surface area contributed by atoms with Crippen molar-refractivity contribution in [3.8, 4) is 6.07 Å². The number of rotatable bonds is 4. The molecule has 1 amide bonds. The maximum Gasteiger partial charge on any atom is 0.273 e. The molecule has 0 spiro atoms. The van der Waals surface area contributed by atoms with Crippen molar-refractivity contribution >= 4 is 33.4 Å². The van der Waals surface area contributed by atoms with Crippen LogP contribution in [0.4, 0.5) is 5.95 Å². The van der Waals surface area contributed by atoms with E-state index in [2.05, 4.69) is 11.0 Å². The summed E-state index contributed by atoms with van der Waals surface area (Å²) in [5, 5.41) is 11.3. The van der Waals surface area contributed by atoms with Crippen molar-refractivity contribution in [1.82, 2.24) is 14.5 Å². The smallest absolute Gasteiger partial charge is 0.273 e. The van der Waals surface area contributed by atoms with Gasteiger partial charge in [0.15, 0.2) is 0 Å². The fraction of sp³-hybridized carbons (Fsp3) is 0.417. The number of hydrogen-bond acceptors (Lipinski definition) is 6. The number of carbonyl (C=O) groups is 1. The molecule has 0 aliphatic carbocycles. The van der Waals surface area contributed by atoms with E-state index in [1.54, 1.807) is 16.0 Å². The van der Waals surface area contributed by atoms with E-state index >= 15 is 0 Å². The molecule has 0 N–H and O–H groups in total. The summed E-state index contributed by atoms with van der Waals surface area (Å²) in [6, 6.07) is 9.58. The number of carbonyl (C=O) groups excluding carboxylic acids is 1. The maximum absolute atomic E-state index is 13.7. The molecule has 2 saturated heterocycles. The lowest BCUT2D eigenvalue weighted by molar-refractivity contribution is 0.0795. The number of thiophene rings is 1. The second-order valence-electron chi connectivity index (χ2n) is 8.45. The van der Waals surface area contributed by atoms with Crippen LogP contribution in [0.2, 0.25) is 0 Å². The molecule has 2 aliphatic heterocycles. The van der Waals surface area contributed by atoms with Gasteiger partial charge in [0, 0.05) is 31.6 Å². The Bertz CT molecular complexity index is 1260. The Morgan fingerprint density at radius 2 is 1.78 bits per heavy atom. The van der Waals surface area contributed by atoms with Gasteiger partial charge < -0.3 is 9.80 Å². The Kier molecular flexibility index (Phi) is 5.66. The van der Waals surface area contributed by atoms with Crippen LogP contribution in [0, 0.1) is 11.3 Å². The van der Waals surface area contributed by atoms with Crippen LogP contribution in [-0.2, 0) is 6.54 Å². The summed E-state index contributed by atoms with van der Waals surface area (Å²) >= 11 is 1.29. The highest BCUT2D eigenvalue weighted by Crippen LogP contribution is 2.28. The number of hydrogen-bond donors (Lipinski definition) is 0. The van der Waals surface area contributed by atoms with E-state index in [-0.39, 0.29) is 18.0 Å². The lowest BCUT2D eigenvalue weighted by Gasteiger charge is -2.30. The van der Waals surface area contributed by atoms with Crippen molar-refractivity contribution in [3.05, 3.63) is 56.7 Å². The van der Waals surface area contributed by atoms with Crippen LogP contribution in [0.1, 0.15) is 53.6 Å². The van der Waals surface area contributed by atoms with Gasteiger partial charge in [0.05, 0.1) is 23.7 Å². The highest BCUT2D eigenvalue weighted by Gasteiger charge is 2.27. The molecular weight excluding hydrogens is 422 g/mol. The van der Waals surface area contributed by atoms with Gasteiger partial charge in [-0.15, -0.1) is 11.3 Å². The van der Waals surface area contributed by atoms with Gasteiger partial charge in [-0.1, -0.05) is 18.2 Å². The van der Waals surface area contributed by atoms with Crippen molar-refractivity contribution in [2.24, 2.45) is 0 Å². The zero-order valence-electron chi connectivity index (χ0n) is 17.9. The molecule has 164 valence electrons. The fourth-order valence-corrected chi connectivity index (χ4v) is 5.57. The summed E-state index contributed by atoms with van der Waals surface area (Å²) in [4.78, 5) is 35.7. The normalized spacial score (nSPS) is 16.5. The Balaban J connectivity index is 1.65. The summed E-state index contributed by atoms with van der Waals surface area (Å²) in [6.07, 6.45) is 5.30. The number of piperidine rings is 1. The molecule has 0 unspecified atom stereocenters. The van der Waals surface area contributed by atoms with Gasteiger partial charge in [0.2, 0.25) is 5.95 Å². The molecule has 2 aliphatic rings. The Hall–Kier alpha value is -3.18. The van der Waals surface area contributed by atoms with Crippen molar-refractivity contribution in [3.63, 3.8) is 0 Å². The van der Waals surface area contributed by atoms with E-state index in [0.717, 1.165) is 63.8 Å². The molecular formula is C24H25N5O2S. The summed E-state index contributed by atoms with van der Waals surface area (Å²) in [5.41, 5.74) is 2.25. The molecule has 0 saturated carbocycles. The Morgan fingerprint density at radius 1 is 1.06 bits per heavy atom. The van der Waals surface area contributed by atoms with Crippen molar-refractivity contribution in [2.45, 2.75) is 38.6 Å². The molecule has 3 aromatic rings. The Labute approximate surface area is 190 Å². The van der Waals surface area contributed by atoms with E-state index in [9.17, 15) is 14.9 Å². The predicted octanol–water partition coefficient (Wildman–Crippen LogP) is 3.60. The highest BCUT2D eigenvalue weighted by molar-refractivity contribution is 7.17. The first-order valence-corrected chi connectivity index (χ1v) is 12.1. The van der Waals surface area contributed by atoms with Crippen LogP contribution in [-0.4, -0.2) is 46.5 Å². The molecule has 0 bridgehead atoms. The first kappa shape index (κ1) is 20.7. The number of amides is 1. The van der Waals surface area contributed by atoms with Gasteiger partial charge in [-0.05, 0) is 43.7 Å². The third-order valence-electron chi connectivity index (χ3n) is 6.39. The second kappa shape index (κ2) is 8.75. The third-order valence-corrected chi connectivity index (χ3v) is 7.34. The zero-order valence-corrected chi connectivity index (χ0v) is 18.7. The van der Waals surface area contributed by atoms with Gasteiger partial charge in [0.1, 0.15) is 10.2 Å². The van der Waals surface area contributed by atoms with Gasteiger partial charge in [-0.2, -0.15) is 5.26 Å². The van der Waals surface area contributed by atoms with Gasteiger partial charge in [-0.3, -0.25) is 14.2 Å². The topological polar surface area (TPSA) is 82.2 Å². The number of nitriles is 1. The van der Waals surface area contributed by atoms with Crippen LogP contribution < -0.4 is 10.5 Å². The molecule has 2 aromatic heterocycles. The summed E-state index contributed by atoms with van der Waals surface area (Å²) < 4.78 is 2.19. The molecule has 1 aromatic carbocycles. The molecule has 4 heterocycles. The molecule has 7 nitrogen and oxygen atoms in total. The molecule has 0 atom stereocenters. The summed E-state index contributed by atoms with van der Waals surface area (Å²) in [6.45, 7) is 3.47. The zero-order chi connectivity index (χ0) is 22.1. The van der Waals surface area contributed by atoms with E-state index in [0.29, 0.717) is 27.3 Å². The summed E-state index contributed by atoms with van der Waals surface area (Å²) in [5.74, 6) is 0.571. The van der Waals surface area contributed by atoms with Gasteiger partial charge >= 0.3 is 0 Å². The monoisotopic (exact) mass is 447 g/mol. The first-order chi connectivity index (χ1) is 15.7. The van der Waals surface area contributed by atoms with Gasteiger partial charge in [0.25, 0.3) is 11.5 Å². The minimum atomic E-state index is -0.145. The largest absolute Gasteiger partial charge is 0.342 e. The van der Waals surface area contributed by atoms with Crippen LogP contribution in [0.3, 0.4) is 0 Å². The van der Waals surface area contributed by atoms with Crippen LogP contribution in [0.25, 0.3) is 10.2 Å². The number of aromatic nitrogens is 2. The molecule has 8 heteroatoms. The lowest BCUT2D eigenvalue weighted by Crippen LogP contribution is -2.36. The first-order valence-electron chi connectivity index (χ1n) is 11.2. The average molecular weight is 448 g/mol. The highest BCUT2D eigenvalue weighted by atomic mass is 32.1. The second-order valence-corrected chi connectivity index (χ2v) is 9.33. The minimum Gasteiger partial charge on any atom is -0.342 e. The van der Waals surface area contributed by atoms with Crippen LogP contribution in [0.5, 0.6) is 0 Å². The number of nitrogens with zero attached hydrogens (tertiary/aromatic N) is 5. The maximum atomic E-state index is 13.7. The van der Waals surface area contributed by atoms with E-state index < -0.39 is 0 Å². The van der Waals surface area contributed by atoms with Crippen molar-refractivity contribution in [2.75, 3.05) is 31.1 Å². The fourth-order valence-electron chi connectivity index (χ4n) is 4.65. The number of benzene rings is 1. The Morgan fingerprint density at radius 3 is 2.53 bits per heavy atom. The van der Waals surface area contributed by atoms with Crippen molar-refractivity contribution in [1.29, 1.82) is 5.26 Å². The van der Waals surface area contributed by atoms with E-state index in [1.807, 2.05) is 23.1 Å². The average Bonchev–Trinajstić information content (AvgIpc) is 3.52. The quantitative estimate of drug-likeness (QED) is 0.610. The SMILES string of the molecule is N#Cc1ccccc1Cn1c(N2CCCCC2)nc2c(C(=O)N3CCCC3)csc2c1=O. The number of fused-ring (bicyclic) bond motifs is 1. The minimum absolute atomic E-state index is 0.0298. The standard InChI is InChI=1S/C24H25N5O2S/c25-14-17-8-2-3-9-18(17)15-29-23(31)21-20(26-24(29)28-12-4-1-5-13-28)19(16-32-21)22(30)27-10-6-7-11-27/h2-3,8-9,16H,1,4-7,10-13,15H2. The summed E-state index contributed by atoms with van der Waals surface area (Å²) in [7, 11) is 0. The number of anilines is 1. The van der Waals surface area contributed by atoms with E-state index in [1.165, 1.54) is 11.3 Å². The number of likely N-dealkylation sites (tertiary alicyclic amines) is 1. The van der Waals surface area contributed by atoms with E-state index in [4.69, 9.17) is 4.98 Å². The molecule has 5 rings (SSSR count). The predicted molar refractivity (Wildman–Crippen MR) is 125 cm³/mol. The molecule has 2 fully saturated rings. The van der Waals surface area contributed by atoms with Crippen LogP contribution in [0.15, 0.2) is 34.4 Å². The molecule has 32 heavy (non-hydrogen) atoms. The third kappa shape index (κ3) is 3.67. The van der Waals surface area contributed by atoms with Crippen LogP contribution >= 0.6 is 11.3 Å². The molecule has 0 radical (unpaired) electrons.